The predicted octanol–water partition coefficient (Wildman–Crippen LogP) is 4.86. The second-order valence-electron chi connectivity index (χ2n) is 5.35. The lowest BCUT2D eigenvalue weighted by atomic mass is 9.99. The van der Waals surface area contributed by atoms with E-state index in [-0.39, 0.29) is 4.90 Å². The lowest BCUT2D eigenvalue weighted by Crippen LogP contribution is -2.02. The SMILES string of the molecule is CSc1sccc1S(=O)(=O)c1cccc(-c2c(C)cccc2N)c1. The van der Waals surface area contributed by atoms with Gasteiger partial charge in [0.1, 0.15) is 0 Å². The number of anilines is 1. The molecule has 0 fully saturated rings. The maximum atomic E-state index is 13.0. The molecule has 124 valence electrons. The van der Waals surface area contributed by atoms with Crippen LogP contribution in [0.15, 0.2) is 67.9 Å². The van der Waals surface area contributed by atoms with Gasteiger partial charge in [0.05, 0.1) is 14.0 Å². The van der Waals surface area contributed by atoms with Crippen LogP contribution < -0.4 is 5.73 Å². The Kier molecular flexibility index (Phi) is 4.71. The summed E-state index contributed by atoms with van der Waals surface area (Å²) in [5, 5.41) is 1.81. The van der Waals surface area contributed by atoms with Crippen molar-refractivity contribution in [3.8, 4) is 11.1 Å². The zero-order valence-corrected chi connectivity index (χ0v) is 15.8. The Morgan fingerprint density at radius 1 is 1.08 bits per heavy atom. The standard InChI is InChI=1S/C18H17NO2S3/c1-12-5-3-8-15(19)17(12)13-6-4-7-14(11-13)24(20,21)16-9-10-23-18(16)22-2/h3-11H,19H2,1-2H3. The molecule has 0 aliphatic carbocycles. The Hall–Kier alpha value is -1.76. The van der Waals surface area contributed by atoms with Gasteiger partial charge >= 0.3 is 0 Å². The second-order valence-corrected chi connectivity index (χ2v) is 9.26. The zero-order valence-electron chi connectivity index (χ0n) is 13.3. The molecule has 0 bridgehead atoms. The maximum Gasteiger partial charge on any atom is 0.208 e. The van der Waals surface area contributed by atoms with Crippen molar-refractivity contribution in [3.05, 3.63) is 59.5 Å². The van der Waals surface area contributed by atoms with E-state index in [1.165, 1.54) is 23.1 Å². The van der Waals surface area contributed by atoms with Crippen LogP contribution in [0.4, 0.5) is 5.69 Å². The van der Waals surface area contributed by atoms with Crippen LogP contribution in [0.25, 0.3) is 11.1 Å². The molecule has 2 aromatic carbocycles. The highest BCUT2D eigenvalue weighted by Gasteiger charge is 2.23. The number of rotatable bonds is 4. The third-order valence-corrected chi connectivity index (χ3v) is 7.95. The Morgan fingerprint density at radius 3 is 2.54 bits per heavy atom. The number of hydrogen-bond acceptors (Lipinski definition) is 5. The molecule has 3 aromatic rings. The summed E-state index contributed by atoms with van der Waals surface area (Å²) >= 11 is 2.89. The number of nitrogen functional groups attached to an aromatic ring is 1. The summed E-state index contributed by atoms with van der Waals surface area (Å²) in [6.45, 7) is 1.97. The predicted molar refractivity (Wildman–Crippen MR) is 103 cm³/mol. The molecule has 3 rings (SSSR count). The highest BCUT2D eigenvalue weighted by molar-refractivity contribution is 8.01. The maximum absolute atomic E-state index is 13.0. The summed E-state index contributed by atoms with van der Waals surface area (Å²) < 4.78 is 26.8. The summed E-state index contributed by atoms with van der Waals surface area (Å²) in [6, 6.07) is 14.3. The summed E-state index contributed by atoms with van der Waals surface area (Å²) in [6.07, 6.45) is 1.88. The van der Waals surface area contributed by atoms with Gasteiger partial charge in [-0.05, 0) is 54.0 Å². The van der Waals surface area contributed by atoms with Gasteiger partial charge in [-0.15, -0.1) is 23.1 Å². The minimum Gasteiger partial charge on any atom is -0.398 e. The van der Waals surface area contributed by atoms with E-state index in [0.29, 0.717) is 10.6 Å². The van der Waals surface area contributed by atoms with Gasteiger partial charge in [-0.3, -0.25) is 0 Å². The minimum atomic E-state index is -3.55. The fourth-order valence-electron chi connectivity index (χ4n) is 2.66. The van der Waals surface area contributed by atoms with Gasteiger partial charge in [-0.25, -0.2) is 8.42 Å². The van der Waals surface area contributed by atoms with Crippen LogP contribution in [-0.2, 0) is 9.84 Å². The van der Waals surface area contributed by atoms with E-state index < -0.39 is 9.84 Å². The van der Waals surface area contributed by atoms with E-state index in [9.17, 15) is 8.42 Å². The van der Waals surface area contributed by atoms with Gasteiger partial charge in [0.15, 0.2) is 0 Å². The van der Waals surface area contributed by atoms with Crippen LogP contribution in [0.5, 0.6) is 0 Å². The van der Waals surface area contributed by atoms with Crippen LogP contribution in [0.2, 0.25) is 0 Å². The number of nitrogens with two attached hydrogens (primary N) is 1. The van der Waals surface area contributed by atoms with Crippen molar-refractivity contribution in [1.82, 2.24) is 0 Å². The Bertz CT molecular complexity index is 971. The van der Waals surface area contributed by atoms with E-state index in [0.717, 1.165) is 20.9 Å². The molecule has 0 spiro atoms. The van der Waals surface area contributed by atoms with Gasteiger partial charge < -0.3 is 5.73 Å². The third kappa shape index (κ3) is 2.97. The van der Waals surface area contributed by atoms with Crippen molar-refractivity contribution in [3.63, 3.8) is 0 Å². The highest BCUT2D eigenvalue weighted by atomic mass is 32.2. The molecule has 0 aliphatic rings. The first-order valence-electron chi connectivity index (χ1n) is 7.27. The first kappa shape index (κ1) is 17.1. The minimum absolute atomic E-state index is 0.288. The van der Waals surface area contributed by atoms with E-state index in [1.807, 2.05) is 42.8 Å². The van der Waals surface area contributed by atoms with Crippen LogP contribution in [0, 0.1) is 6.92 Å². The highest BCUT2D eigenvalue weighted by Crippen LogP contribution is 2.36. The van der Waals surface area contributed by atoms with Gasteiger partial charge in [0.2, 0.25) is 9.84 Å². The Labute approximate surface area is 150 Å². The molecule has 0 aliphatic heterocycles. The van der Waals surface area contributed by atoms with E-state index in [4.69, 9.17) is 5.73 Å². The lowest BCUT2D eigenvalue weighted by Gasteiger charge is -2.11. The summed E-state index contributed by atoms with van der Waals surface area (Å²) in [7, 11) is -3.55. The topological polar surface area (TPSA) is 60.2 Å². The van der Waals surface area contributed by atoms with Crippen LogP contribution in [0.1, 0.15) is 5.56 Å². The molecule has 0 saturated heterocycles. The molecule has 6 heteroatoms. The molecule has 0 radical (unpaired) electrons. The molecular formula is C18H17NO2S3. The Morgan fingerprint density at radius 2 is 1.83 bits per heavy atom. The molecule has 1 aromatic heterocycles. The molecule has 2 N–H and O–H groups in total. The summed E-state index contributed by atoms with van der Waals surface area (Å²) in [4.78, 5) is 0.659. The zero-order chi connectivity index (χ0) is 17.3. The van der Waals surface area contributed by atoms with Crippen molar-refractivity contribution in [1.29, 1.82) is 0 Å². The van der Waals surface area contributed by atoms with Gasteiger partial charge in [0, 0.05) is 11.3 Å². The van der Waals surface area contributed by atoms with Gasteiger partial charge in [0.25, 0.3) is 0 Å². The fraction of sp³-hybridized carbons (Fsp3) is 0.111. The molecule has 1 heterocycles. The number of thioether (sulfide) groups is 1. The lowest BCUT2D eigenvalue weighted by molar-refractivity contribution is 0.595. The quantitative estimate of drug-likeness (QED) is 0.522. The average molecular weight is 376 g/mol. The average Bonchev–Trinajstić information content (AvgIpc) is 3.04. The van der Waals surface area contributed by atoms with Gasteiger partial charge in [-0.1, -0.05) is 24.3 Å². The number of hydrogen-bond donors (Lipinski definition) is 1. The van der Waals surface area contributed by atoms with Crippen molar-refractivity contribution in [2.45, 2.75) is 20.9 Å². The second kappa shape index (κ2) is 6.63. The van der Waals surface area contributed by atoms with E-state index >= 15 is 0 Å². The number of thiophene rings is 1. The first-order valence-corrected chi connectivity index (χ1v) is 10.9. The van der Waals surface area contributed by atoms with Gasteiger partial charge in [-0.2, -0.15) is 0 Å². The van der Waals surface area contributed by atoms with Crippen LogP contribution >= 0.6 is 23.1 Å². The monoisotopic (exact) mass is 375 g/mol. The molecular weight excluding hydrogens is 358 g/mol. The van der Waals surface area contributed by atoms with Crippen molar-refractivity contribution < 1.29 is 8.42 Å². The third-order valence-electron chi connectivity index (χ3n) is 3.81. The summed E-state index contributed by atoms with van der Waals surface area (Å²) in [5.74, 6) is 0. The molecule has 0 saturated carbocycles. The molecule has 0 amide bonds. The first-order chi connectivity index (χ1) is 11.4. The van der Waals surface area contributed by atoms with E-state index in [2.05, 4.69) is 0 Å². The molecule has 24 heavy (non-hydrogen) atoms. The van der Waals surface area contributed by atoms with Crippen molar-refractivity contribution in [2.75, 3.05) is 12.0 Å². The van der Waals surface area contributed by atoms with Crippen LogP contribution in [0.3, 0.4) is 0 Å². The van der Waals surface area contributed by atoms with Crippen molar-refractivity contribution in [2.24, 2.45) is 0 Å². The Balaban J connectivity index is 2.15. The summed E-state index contributed by atoms with van der Waals surface area (Å²) in [5.41, 5.74) is 9.46. The largest absolute Gasteiger partial charge is 0.398 e. The fourth-order valence-corrected chi connectivity index (χ4v) is 6.39. The molecule has 0 atom stereocenters. The van der Waals surface area contributed by atoms with E-state index in [1.54, 1.807) is 24.3 Å². The molecule has 0 unspecified atom stereocenters. The van der Waals surface area contributed by atoms with Crippen molar-refractivity contribution >= 4 is 38.6 Å². The number of benzene rings is 2. The number of sulfone groups is 1. The smallest absolute Gasteiger partial charge is 0.208 e. The number of aryl methyl sites for hydroxylation is 1. The van der Waals surface area contributed by atoms with Crippen LogP contribution in [-0.4, -0.2) is 14.7 Å². The molecule has 3 nitrogen and oxygen atoms in total. The normalized spacial score (nSPS) is 11.6.